The summed E-state index contributed by atoms with van der Waals surface area (Å²) in [7, 11) is 3.13. The van der Waals surface area contributed by atoms with Gasteiger partial charge in [0.05, 0.1) is 32.8 Å². The Balaban J connectivity index is 1.50. The minimum Gasteiger partial charge on any atom is -0.497 e. The first-order valence-corrected chi connectivity index (χ1v) is 13.0. The molecule has 0 saturated carbocycles. The highest BCUT2D eigenvalue weighted by Crippen LogP contribution is 2.29. The summed E-state index contributed by atoms with van der Waals surface area (Å²) < 4.78 is 18.0. The monoisotopic (exact) mass is 551 g/mol. The Morgan fingerprint density at radius 2 is 1.76 bits per heavy atom. The van der Waals surface area contributed by atoms with E-state index in [0.717, 1.165) is 17.0 Å². The van der Waals surface area contributed by atoms with Gasteiger partial charge >= 0.3 is 0 Å². The lowest BCUT2D eigenvalue weighted by atomic mass is 10.2. The van der Waals surface area contributed by atoms with Crippen molar-refractivity contribution in [2.75, 3.05) is 26.6 Å². The molecular formula is C27H26ClN5O4S. The number of carbonyl (C=O) groups excluding carboxylic acids is 1. The molecule has 0 aliphatic heterocycles. The molecule has 0 fully saturated rings. The smallest absolute Gasteiger partial charge is 0.250 e. The summed E-state index contributed by atoms with van der Waals surface area (Å²) >= 11 is 7.32. The number of amides is 1. The van der Waals surface area contributed by atoms with Crippen molar-refractivity contribution in [3.8, 4) is 34.3 Å². The summed E-state index contributed by atoms with van der Waals surface area (Å²) in [6.07, 6.45) is 1.52. The molecule has 0 aliphatic carbocycles. The van der Waals surface area contributed by atoms with Crippen LogP contribution in [0.1, 0.15) is 12.5 Å². The summed E-state index contributed by atoms with van der Waals surface area (Å²) in [5, 5.41) is 14.0. The number of nitrogens with one attached hydrogen (secondary N) is 1. The van der Waals surface area contributed by atoms with Gasteiger partial charge in [-0.15, -0.1) is 10.2 Å². The highest BCUT2D eigenvalue weighted by atomic mass is 35.5. The molecule has 0 aliphatic rings. The fourth-order valence-corrected chi connectivity index (χ4v) is 4.37. The van der Waals surface area contributed by atoms with Crippen molar-refractivity contribution in [3.63, 3.8) is 0 Å². The number of carbonyl (C=O) groups is 1. The highest BCUT2D eigenvalue weighted by Gasteiger charge is 2.17. The third-order valence-electron chi connectivity index (χ3n) is 5.31. The Morgan fingerprint density at radius 3 is 2.45 bits per heavy atom. The zero-order chi connectivity index (χ0) is 26.9. The number of rotatable bonds is 11. The number of ether oxygens (including phenoxy) is 3. The third kappa shape index (κ3) is 6.64. The molecule has 9 nitrogen and oxygen atoms in total. The van der Waals surface area contributed by atoms with Gasteiger partial charge in [0.15, 0.2) is 11.0 Å². The number of hydrazone groups is 1. The largest absolute Gasteiger partial charge is 0.497 e. The van der Waals surface area contributed by atoms with Crippen LogP contribution in [0, 0.1) is 0 Å². The van der Waals surface area contributed by atoms with Gasteiger partial charge in [0.25, 0.3) is 5.91 Å². The van der Waals surface area contributed by atoms with E-state index in [1.165, 1.54) is 18.0 Å². The van der Waals surface area contributed by atoms with Crippen molar-refractivity contribution in [2.45, 2.75) is 12.1 Å². The molecule has 38 heavy (non-hydrogen) atoms. The summed E-state index contributed by atoms with van der Waals surface area (Å²) in [6.45, 7) is 2.51. The number of benzene rings is 3. The van der Waals surface area contributed by atoms with Crippen LogP contribution in [0.25, 0.3) is 17.1 Å². The molecule has 0 unspecified atom stereocenters. The molecule has 1 heterocycles. The molecule has 1 aromatic heterocycles. The van der Waals surface area contributed by atoms with Crippen molar-refractivity contribution < 1.29 is 19.0 Å². The lowest BCUT2D eigenvalue weighted by Gasteiger charge is -2.11. The van der Waals surface area contributed by atoms with Crippen LogP contribution in [-0.4, -0.2) is 53.5 Å². The molecule has 196 valence electrons. The van der Waals surface area contributed by atoms with E-state index in [1.54, 1.807) is 44.6 Å². The molecule has 0 spiro atoms. The van der Waals surface area contributed by atoms with Gasteiger partial charge in [-0.25, -0.2) is 5.43 Å². The number of methoxy groups -OCH3 is 2. The van der Waals surface area contributed by atoms with E-state index in [2.05, 4.69) is 20.7 Å². The van der Waals surface area contributed by atoms with E-state index in [9.17, 15) is 4.79 Å². The SMILES string of the molecule is CCOc1ccc(-n2c(SCC(=O)N/N=C/c3ccc(OC)cc3OC)nnc2-c2ccc(Cl)cc2)cc1. The summed E-state index contributed by atoms with van der Waals surface area (Å²) in [6, 6.07) is 20.3. The lowest BCUT2D eigenvalue weighted by Crippen LogP contribution is -2.20. The van der Waals surface area contributed by atoms with Crippen molar-refractivity contribution in [2.24, 2.45) is 5.10 Å². The van der Waals surface area contributed by atoms with Crippen LogP contribution in [0.5, 0.6) is 17.2 Å². The lowest BCUT2D eigenvalue weighted by molar-refractivity contribution is -0.118. The van der Waals surface area contributed by atoms with Crippen molar-refractivity contribution in [1.82, 2.24) is 20.2 Å². The number of aromatic nitrogens is 3. The third-order valence-corrected chi connectivity index (χ3v) is 6.49. The highest BCUT2D eigenvalue weighted by molar-refractivity contribution is 7.99. The minimum absolute atomic E-state index is 0.0763. The molecule has 0 bridgehead atoms. The first-order valence-electron chi connectivity index (χ1n) is 11.6. The van der Waals surface area contributed by atoms with Gasteiger partial charge in [-0.05, 0) is 67.6 Å². The summed E-state index contributed by atoms with van der Waals surface area (Å²) in [4.78, 5) is 12.6. The van der Waals surface area contributed by atoms with Crippen LogP contribution < -0.4 is 19.6 Å². The number of nitrogens with zero attached hydrogens (tertiary/aromatic N) is 4. The normalized spacial score (nSPS) is 10.9. The van der Waals surface area contributed by atoms with E-state index in [4.69, 9.17) is 25.8 Å². The Hall–Kier alpha value is -4.02. The Morgan fingerprint density at radius 1 is 1.03 bits per heavy atom. The predicted octanol–water partition coefficient (Wildman–Crippen LogP) is 5.25. The second-order valence-corrected chi connectivity index (χ2v) is 9.14. The fourth-order valence-electron chi connectivity index (χ4n) is 3.50. The zero-order valence-electron chi connectivity index (χ0n) is 21.1. The maximum absolute atomic E-state index is 12.6. The first-order chi connectivity index (χ1) is 18.5. The van der Waals surface area contributed by atoms with E-state index in [-0.39, 0.29) is 11.7 Å². The van der Waals surface area contributed by atoms with E-state index in [1.807, 2.05) is 47.9 Å². The van der Waals surface area contributed by atoms with Crippen molar-refractivity contribution >= 4 is 35.5 Å². The molecule has 11 heteroatoms. The molecule has 4 rings (SSSR count). The van der Waals surface area contributed by atoms with Gasteiger partial charge in [0.1, 0.15) is 17.2 Å². The van der Waals surface area contributed by atoms with E-state index in [0.29, 0.717) is 39.7 Å². The molecule has 0 saturated heterocycles. The van der Waals surface area contributed by atoms with E-state index >= 15 is 0 Å². The molecular weight excluding hydrogens is 526 g/mol. The molecule has 1 amide bonds. The van der Waals surface area contributed by atoms with Crippen molar-refractivity contribution in [3.05, 3.63) is 77.3 Å². The second-order valence-electron chi connectivity index (χ2n) is 7.77. The standard InChI is InChI=1S/C27H26ClN5O4S/c1-4-37-22-13-10-21(11-14-22)33-26(18-5-8-20(28)9-6-18)31-32-27(33)38-17-25(34)30-29-16-19-7-12-23(35-2)15-24(19)36-3/h5-16H,4,17H2,1-3H3,(H,30,34)/b29-16+. The number of hydrogen-bond donors (Lipinski definition) is 1. The van der Waals surface area contributed by atoms with Gasteiger partial charge in [-0.1, -0.05) is 23.4 Å². The fraction of sp³-hybridized carbons (Fsp3) is 0.185. The van der Waals surface area contributed by atoms with Gasteiger partial charge < -0.3 is 14.2 Å². The van der Waals surface area contributed by atoms with Gasteiger partial charge in [-0.3, -0.25) is 9.36 Å². The first kappa shape index (κ1) is 27.0. The summed E-state index contributed by atoms with van der Waals surface area (Å²) in [5.74, 6) is 2.40. The second kappa shape index (κ2) is 13.0. The van der Waals surface area contributed by atoms with Crippen LogP contribution in [-0.2, 0) is 4.79 Å². The molecule has 4 aromatic rings. The predicted molar refractivity (Wildman–Crippen MR) is 149 cm³/mol. The maximum Gasteiger partial charge on any atom is 0.250 e. The maximum atomic E-state index is 12.6. The van der Waals surface area contributed by atoms with Crippen LogP contribution in [0.4, 0.5) is 0 Å². The number of halogens is 1. The van der Waals surface area contributed by atoms with Crippen molar-refractivity contribution in [1.29, 1.82) is 0 Å². The van der Waals surface area contributed by atoms with Gasteiger partial charge in [0.2, 0.25) is 0 Å². The number of thioether (sulfide) groups is 1. The molecule has 0 radical (unpaired) electrons. The zero-order valence-corrected chi connectivity index (χ0v) is 22.6. The number of hydrogen-bond acceptors (Lipinski definition) is 8. The molecule has 0 atom stereocenters. The van der Waals surface area contributed by atoms with Gasteiger partial charge in [0, 0.05) is 27.9 Å². The Bertz CT molecular complexity index is 1410. The quantitative estimate of drug-likeness (QED) is 0.154. The Kier molecular flexibility index (Phi) is 9.23. The summed E-state index contributed by atoms with van der Waals surface area (Å²) in [5.41, 5.74) is 4.91. The van der Waals surface area contributed by atoms with Gasteiger partial charge in [-0.2, -0.15) is 5.10 Å². The minimum atomic E-state index is -0.298. The van der Waals surface area contributed by atoms with Crippen LogP contribution >= 0.6 is 23.4 Å². The Labute approximate surface area is 229 Å². The average molecular weight is 552 g/mol. The topological polar surface area (TPSA) is 99.9 Å². The van der Waals surface area contributed by atoms with Crippen LogP contribution in [0.15, 0.2) is 77.0 Å². The van der Waals surface area contributed by atoms with E-state index < -0.39 is 0 Å². The molecule has 1 N–H and O–H groups in total. The average Bonchev–Trinajstić information content (AvgIpc) is 3.37. The van der Waals surface area contributed by atoms with Crippen LogP contribution in [0.2, 0.25) is 5.02 Å². The van der Waals surface area contributed by atoms with Crippen LogP contribution in [0.3, 0.4) is 0 Å². The molecule has 3 aromatic carbocycles.